The second-order valence-corrected chi connectivity index (χ2v) is 6.04. The van der Waals surface area contributed by atoms with Crippen molar-refractivity contribution in [3.63, 3.8) is 0 Å². The molecule has 4 rings (SSSR count). The summed E-state index contributed by atoms with van der Waals surface area (Å²) in [5, 5.41) is 5.34. The van der Waals surface area contributed by atoms with Crippen molar-refractivity contribution < 1.29 is 14.3 Å². The molecule has 3 aromatic rings. The number of anilines is 1. The summed E-state index contributed by atoms with van der Waals surface area (Å²) in [6, 6.07) is 19.9. The van der Waals surface area contributed by atoms with E-state index in [2.05, 4.69) is 29.6 Å². The first-order valence-corrected chi connectivity index (χ1v) is 8.46. The molecule has 4 heteroatoms. The molecular weight excluding hydrogens is 314 g/mol. The molecule has 1 amide bonds. The Balaban J connectivity index is 1.42. The number of carbonyl (C=O) groups excluding carboxylic acids is 1. The molecule has 1 aliphatic heterocycles. The van der Waals surface area contributed by atoms with Gasteiger partial charge in [-0.3, -0.25) is 4.79 Å². The summed E-state index contributed by atoms with van der Waals surface area (Å²) in [6.07, 6.45) is 1.14. The van der Waals surface area contributed by atoms with Gasteiger partial charge in [-0.2, -0.15) is 0 Å². The van der Waals surface area contributed by atoms with Crippen molar-refractivity contribution in [2.45, 2.75) is 12.8 Å². The maximum Gasteiger partial charge on any atom is 0.224 e. The van der Waals surface area contributed by atoms with Gasteiger partial charge < -0.3 is 14.8 Å². The van der Waals surface area contributed by atoms with Crippen molar-refractivity contribution >= 4 is 22.4 Å². The normalized spacial score (nSPS) is 12.8. The number of nitrogens with one attached hydrogen (secondary N) is 1. The molecule has 0 fully saturated rings. The molecule has 3 aromatic carbocycles. The minimum absolute atomic E-state index is 0.00962. The van der Waals surface area contributed by atoms with Gasteiger partial charge >= 0.3 is 0 Å². The number of carbonyl (C=O) groups is 1. The molecule has 0 unspecified atom stereocenters. The van der Waals surface area contributed by atoms with E-state index in [-0.39, 0.29) is 5.91 Å². The summed E-state index contributed by atoms with van der Waals surface area (Å²) in [5.41, 5.74) is 1.92. The predicted molar refractivity (Wildman–Crippen MR) is 98.3 cm³/mol. The van der Waals surface area contributed by atoms with Gasteiger partial charge in [0.2, 0.25) is 5.91 Å². The summed E-state index contributed by atoms with van der Waals surface area (Å²) in [7, 11) is 0. The minimum atomic E-state index is -0.00962. The van der Waals surface area contributed by atoms with Crippen LogP contribution in [0.2, 0.25) is 0 Å². The van der Waals surface area contributed by atoms with Crippen molar-refractivity contribution in [3.8, 4) is 11.5 Å². The maximum absolute atomic E-state index is 12.3. The third-order valence-electron chi connectivity index (χ3n) is 4.33. The zero-order chi connectivity index (χ0) is 17.1. The van der Waals surface area contributed by atoms with Gasteiger partial charge in [-0.15, -0.1) is 0 Å². The van der Waals surface area contributed by atoms with Gasteiger partial charge in [-0.25, -0.2) is 0 Å². The van der Waals surface area contributed by atoms with E-state index < -0.39 is 0 Å². The summed E-state index contributed by atoms with van der Waals surface area (Å²) < 4.78 is 11.0. The molecule has 126 valence electrons. The lowest BCUT2D eigenvalue weighted by Gasteiger charge is -2.19. The monoisotopic (exact) mass is 333 g/mol. The fourth-order valence-corrected chi connectivity index (χ4v) is 3.10. The minimum Gasteiger partial charge on any atom is -0.486 e. The van der Waals surface area contributed by atoms with E-state index in [0.29, 0.717) is 31.8 Å². The molecule has 0 spiro atoms. The van der Waals surface area contributed by atoms with Crippen molar-refractivity contribution in [1.82, 2.24) is 0 Å². The van der Waals surface area contributed by atoms with Crippen molar-refractivity contribution in [1.29, 1.82) is 0 Å². The van der Waals surface area contributed by atoms with E-state index in [0.717, 1.165) is 11.4 Å². The lowest BCUT2D eigenvalue weighted by atomic mass is 10.0. The van der Waals surface area contributed by atoms with Crippen LogP contribution >= 0.6 is 0 Å². The van der Waals surface area contributed by atoms with Gasteiger partial charge in [0.15, 0.2) is 11.5 Å². The first-order chi connectivity index (χ1) is 12.3. The maximum atomic E-state index is 12.3. The number of rotatable bonds is 4. The Morgan fingerprint density at radius 2 is 1.72 bits per heavy atom. The fraction of sp³-hybridized carbons (Fsp3) is 0.190. The molecular formula is C21H19NO3. The SMILES string of the molecule is O=C(CCc1cccc2ccccc12)Nc1ccc2c(c1)OCCO2. The second kappa shape index (κ2) is 6.85. The number of hydrogen-bond acceptors (Lipinski definition) is 3. The third kappa shape index (κ3) is 3.43. The predicted octanol–water partition coefficient (Wildman–Crippen LogP) is 4.18. The molecule has 1 aliphatic rings. The van der Waals surface area contributed by atoms with Crippen molar-refractivity contribution in [2.24, 2.45) is 0 Å². The Morgan fingerprint density at radius 3 is 2.64 bits per heavy atom. The number of amides is 1. The molecule has 25 heavy (non-hydrogen) atoms. The standard InChI is InChI=1S/C21H19NO3/c23-21(22-17-9-10-19-20(14-17)25-13-12-24-19)11-8-16-6-3-5-15-4-1-2-7-18(15)16/h1-7,9-10,14H,8,11-13H2,(H,22,23). The van der Waals surface area contributed by atoms with Crippen molar-refractivity contribution in [3.05, 3.63) is 66.2 Å². The summed E-state index contributed by atoms with van der Waals surface area (Å²) >= 11 is 0. The number of fused-ring (bicyclic) bond motifs is 2. The zero-order valence-electron chi connectivity index (χ0n) is 13.8. The van der Waals surface area contributed by atoms with Gasteiger partial charge in [-0.1, -0.05) is 42.5 Å². The van der Waals surface area contributed by atoms with Crippen LogP contribution in [0, 0.1) is 0 Å². The Morgan fingerprint density at radius 1 is 0.920 bits per heavy atom. The van der Waals surface area contributed by atoms with E-state index in [1.807, 2.05) is 36.4 Å². The average molecular weight is 333 g/mol. The van der Waals surface area contributed by atoms with Gasteiger partial charge in [0.1, 0.15) is 13.2 Å². The number of aryl methyl sites for hydroxylation is 1. The Hall–Kier alpha value is -3.01. The van der Waals surface area contributed by atoms with Crippen LogP contribution in [-0.2, 0) is 11.2 Å². The molecule has 0 saturated heterocycles. The third-order valence-corrected chi connectivity index (χ3v) is 4.33. The largest absolute Gasteiger partial charge is 0.486 e. The topological polar surface area (TPSA) is 47.6 Å². The molecule has 1 N–H and O–H groups in total. The number of ether oxygens (including phenoxy) is 2. The highest BCUT2D eigenvalue weighted by Crippen LogP contribution is 2.32. The van der Waals surface area contributed by atoms with Gasteiger partial charge in [0, 0.05) is 18.2 Å². The summed E-state index contributed by atoms with van der Waals surface area (Å²) in [5.74, 6) is 1.39. The van der Waals surface area contributed by atoms with Crippen LogP contribution in [-0.4, -0.2) is 19.1 Å². The van der Waals surface area contributed by atoms with E-state index in [1.54, 1.807) is 0 Å². The van der Waals surface area contributed by atoms with Gasteiger partial charge in [0.05, 0.1) is 0 Å². The highest BCUT2D eigenvalue weighted by Gasteiger charge is 2.13. The first-order valence-electron chi connectivity index (χ1n) is 8.46. The molecule has 0 bridgehead atoms. The zero-order valence-corrected chi connectivity index (χ0v) is 13.8. The van der Waals surface area contributed by atoms with Crippen LogP contribution in [0.1, 0.15) is 12.0 Å². The van der Waals surface area contributed by atoms with E-state index >= 15 is 0 Å². The summed E-state index contributed by atoms with van der Waals surface area (Å²) in [6.45, 7) is 1.09. The molecule has 0 aliphatic carbocycles. The van der Waals surface area contributed by atoms with E-state index in [1.165, 1.54) is 16.3 Å². The second-order valence-electron chi connectivity index (χ2n) is 6.04. The van der Waals surface area contributed by atoms with Crippen LogP contribution < -0.4 is 14.8 Å². The van der Waals surface area contributed by atoms with Crippen LogP contribution in [0.3, 0.4) is 0 Å². The Labute approximate surface area is 146 Å². The lowest BCUT2D eigenvalue weighted by molar-refractivity contribution is -0.116. The first kappa shape index (κ1) is 15.5. The lowest BCUT2D eigenvalue weighted by Crippen LogP contribution is -2.16. The highest BCUT2D eigenvalue weighted by atomic mass is 16.6. The molecule has 4 nitrogen and oxygen atoms in total. The van der Waals surface area contributed by atoms with Crippen LogP contribution in [0.5, 0.6) is 11.5 Å². The Bertz CT molecular complexity index is 915. The molecule has 0 saturated carbocycles. The van der Waals surface area contributed by atoms with Gasteiger partial charge in [0.25, 0.3) is 0 Å². The Kier molecular flexibility index (Phi) is 4.25. The highest BCUT2D eigenvalue weighted by molar-refractivity contribution is 5.92. The average Bonchev–Trinajstić information content (AvgIpc) is 2.66. The number of benzene rings is 3. The van der Waals surface area contributed by atoms with Crippen LogP contribution in [0.15, 0.2) is 60.7 Å². The molecule has 0 atom stereocenters. The molecule has 1 heterocycles. The fourth-order valence-electron chi connectivity index (χ4n) is 3.10. The smallest absolute Gasteiger partial charge is 0.224 e. The van der Waals surface area contributed by atoms with Crippen LogP contribution in [0.25, 0.3) is 10.8 Å². The molecule has 0 aromatic heterocycles. The summed E-state index contributed by atoms with van der Waals surface area (Å²) in [4.78, 5) is 12.3. The van der Waals surface area contributed by atoms with E-state index in [9.17, 15) is 4.79 Å². The molecule has 0 radical (unpaired) electrons. The number of hydrogen-bond donors (Lipinski definition) is 1. The quantitative estimate of drug-likeness (QED) is 0.779. The van der Waals surface area contributed by atoms with Crippen molar-refractivity contribution in [2.75, 3.05) is 18.5 Å². The van der Waals surface area contributed by atoms with Gasteiger partial charge in [-0.05, 0) is 34.9 Å². The van der Waals surface area contributed by atoms with Crippen LogP contribution in [0.4, 0.5) is 5.69 Å². The van der Waals surface area contributed by atoms with E-state index in [4.69, 9.17) is 9.47 Å².